The molecule has 0 aliphatic rings. The Kier molecular flexibility index (Phi) is 5.48. The van der Waals surface area contributed by atoms with Crippen LogP contribution in [-0.4, -0.2) is 17.5 Å². The lowest BCUT2D eigenvalue weighted by atomic mass is 10.2. The van der Waals surface area contributed by atoms with Crippen LogP contribution in [0.25, 0.3) is 10.2 Å². The number of amides is 1. The van der Waals surface area contributed by atoms with Crippen LogP contribution in [0.3, 0.4) is 0 Å². The zero-order chi connectivity index (χ0) is 16.9. The minimum absolute atomic E-state index is 0.00464. The van der Waals surface area contributed by atoms with Crippen LogP contribution in [0.2, 0.25) is 0 Å². The maximum absolute atomic E-state index is 12.0. The zero-order valence-electron chi connectivity index (χ0n) is 13.2. The molecule has 124 valence electrons. The molecule has 4 nitrogen and oxygen atoms in total. The Balaban J connectivity index is 1.45. The Bertz CT molecular complexity index is 846. The first-order chi connectivity index (χ1) is 11.6. The third-order valence-corrected chi connectivity index (χ3v) is 4.87. The number of thiazole rings is 1. The van der Waals surface area contributed by atoms with E-state index in [1.165, 1.54) is 0 Å². The van der Waals surface area contributed by atoms with E-state index >= 15 is 0 Å². The Morgan fingerprint density at radius 3 is 2.83 bits per heavy atom. The minimum atomic E-state index is -0.00464. The van der Waals surface area contributed by atoms with Crippen LogP contribution in [0.5, 0.6) is 5.75 Å². The van der Waals surface area contributed by atoms with E-state index in [9.17, 15) is 4.79 Å². The van der Waals surface area contributed by atoms with Crippen molar-refractivity contribution in [3.63, 3.8) is 0 Å². The molecule has 1 amide bonds. The van der Waals surface area contributed by atoms with Crippen molar-refractivity contribution in [1.82, 2.24) is 4.98 Å². The Labute approximate surface area is 153 Å². The predicted molar refractivity (Wildman–Crippen MR) is 102 cm³/mol. The molecule has 1 N–H and O–H groups in total. The van der Waals surface area contributed by atoms with E-state index in [1.54, 1.807) is 11.3 Å². The van der Waals surface area contributed by atoms with Gasteiger partial charge in [-0.05, 0) is 55.8 Å². The van der Waals surface area contributed by atoms with Crippen LogP contribution in [0.4, 0.5) is 5.69 Å². The smallest absolute Gasteiger partial charge is 0.224 e. The molecule has 2 aromatic carbocycles. The lowest BCUT2D eigenvalue weighted by Crippen LogP contribution is -2.12. The van der Waals surface area contributed by atoms with Gasteiger partial charge in [-0.25, -0.2) is 4.98 Å². The first-order valence-corrected chi connectivity index (χ1v) is 9.26. The Hall–Kier alpha value is -1.92. The molecule has 3 aromatic rings. The number of nitrogens with one attached hydrogen (secondary N) is 1. The van der Waals surface area contributed by atoms with Gasteiger partial charge in [-0.15, -0.1) is 11.3 Å². The van der Waals surface area contributed by atoms with Crippen molar-refractivity contribution >= 4 is 49.1 Å². The van der Waals surface area contributed by atoms with Crippen molar-refractivity contribution in [2.45, 2.75) is 19.8 Å². The second kappa shape index (κ2) is 7.77. The first-order valence-electron chi connectivity index (χ1n) is 7.65. The molecule has 6 heteroatoms. The van der Waals surface area contributed by atoms with Crippen molar-refractivity contribution < 1.29 is 9.53 Å². The van der Waals surface area contributed by atoms with Crippen molar-refractivity contribution in [3.05, 3.63) is 51.9 Å². The van der Waals surface area contributed by atoms with Gasteiger partial charge in [-0.2, -0.15) is 0 Å². The van der Waals surface area contributed by atoms with Gasteiger partial charge in [-0.3, -0.25) is 4.79 Å². The van der Waals surface area contributed by atoms with E-state index in [0.29, 0.717) is 19.4 Å². The average molecular weight is 405 g/mol. The first kappa shape index (κ1) is 16.9. The molecule has 1 heterocycles. The largest absolute Gasteiger partial charge is 0.494 e. The summed E-state index contributed by atoms with van der Waals surface area (Å²) in [5, 5.41) is 3.95. The van der Waals surface area contributed by atoms with Crippen molar-refractivity contribution in [2.75, 3.05) is 11.9 Å². The maximum atomic E-state index is 12.0. The molecule has 0 bridgehead atoms. The SMILES string of the molecule is Cc1nc2ccc(NC(=O)CCCOc3ccc(Br)cc3)cc2s1. The molecular formula is C18H17BrN2O2S. The molecule has 0 fully saturated rings. The highest BCUT2D eigenvalue weighted by molar-refractivity contribution is 9.10. The van der Waals surface area contributed by atoms with Crippen molar-refractivity contribution in [3.8, 4) is 5.75 Å². The molecule has 0 atom stereocenters. The van der Waals surface area contributed by atoms with E-state index in [1.807, 2.05) is 49.4 Å². The summed E-state index contributed by atoms with van der Waals surface area (Å²) in [5.74, 6) is 0.805. The number of carbonyl (C=O) groups is 1. The number of anilines is 1. The fraction of sp³-hybridized carbons (Fsp3) is 0.222. The second-order valence-electron chi connectivity index (χ2n) is 5.37. The summed E-state index contributed by atoms with van der Waals surface area (Å²) in [4.78, 5) is 16.4. The number of nitrogens with zero attached hydrogens (tertiary/aromatic N) is 1. The summed E-state index contributed by atoms with van der Waals surface area (Å²) < 4.78 is 7.72. The minimum Gasteiger partial charge on any atom is -0.494 e. The molecule has 0 aliphatic heterocycles. The van der Waals surface area contributed by atoms with E-state index in [4.69, 9.17) is 4.74 Å². The van der Waals surface area contributed by atoms with Crippen LogP contribution < -0.4 is 10.1 Å². The summed E-state index contributed by atoms with van der Waals surface area (Å²) in [6.07, 6.45) is 1.10. The predicted octanol–water partition coefficient (Wildman–Crippen LogP) is 5.16. The normalized spacial score (nSPS) is 10.8. The van der Waals surface area contributed by atoms with E-state index in [-0.39, 0.29) is 5.91 Å². The fourth-order valence-electron chi connectivity index (χ4n) is 2.29. The highest BCUT2D eigenvalue weighted by atomic mass is 79.9. The number of aryl methyl sites for hydroxylation is 1. The van der Waals surface area contributed by atoms with Crippen LogP contribution in [0, 0.1) is 6.92 Å². The summed E-state index contributed by atoms with van der Waals surface area (Å²) in [5.41, 5.74) is 1.78. The van der Waals surface area contributed by atoms with Crippen LogP contribution in [0.15, 0.2) is 46.9 Å². The lowest BCUT2D eigenvalue weighted by Gasteiger charge is -2.07. The molecule has 0 radical (unpaired) electrons. The topological polar surface area (TPSA) is 51.2 Å². The molecule has 24 heavy (non-hydrogen) atoms. The van der Waals surface area contributed by atoms with Crippen LogP contribution in [0.1, 0.15) is 17.8 Å². The number of halogens is 1. The van der Waals surface area contributed by atoms with Gasteiger partial charge in [0.15, 0.2) is 0 Å². The van der Waals surface area contributed by atoms with Gasteiger partial charge in [0.1, 0.15) is 5.75 Å². The van der Waals surface area contributed by atoms with Crippen molar-refractivity contribution in [1.29, 1.82) is 0 Å². The highest BCUT2D eigenvalue weighted by Gasteiger charge is 2.06. The molecule has 0 unspecified atom stereocenters. The maximum Gasteiger partial charge on any atom is 0.224 e. The van der Waals surface area contributed by atoms with Gasteiger partial charge in [0.2, 0.25) is 5.91 Å². The summed E-state index contributed by atoms with van der Waals surface area (Å²) in [7, 11) is 0. The summed E-state index contributed by atoms with van der Waals surface area (Å²) in [6.45, 7) is 2.50. The molecule has 0 spiro atoms. The average Bonchev–Trinajstić information content (AvgIpc) is 2.92. The van der Waals surface area contributed by atoms with Gasteiger partial charge >= 0.3 is 0 Å². The number of ether oxygens (including phenoxy) is 1. The number of fused-ring (bicyclic) bond motifs is 1. The Morgan fingerprint density at radius 2 is 2.04 bits per heavy atom. The molecule has 3 rings (SSSR count). The standard InChI is InChI=1S/C18H17BrN2O2S/c1-12-20-16-9-6-14(11-17(16)24-12)21-18(22)3-2-10-23-15-7-4-13(19)5-8-15/h4-9,11H,2-3,10H2,1H3,(H,21,22). The summed E-state index contributed by atoms with van der Waals surface area (Å²) in [6, 6.07) is 13.4. The van der Waals surface area contributed by atoms with E-state index < -0.39 is 0 Å². The lowest BCUT2D eigenvalue weighted by molar-refractivity contribution is -0.116. The number of hydrogen-bond acceptors (Lipinski definition) is 4. The van der Waals surface area contributed by atoms with Gasteiger partial charge in [0, 0.05) is 16.6 Å². The van der Waals surface area contributed by atoms with Crippen LogP contribution >= 0.6 is 27.3 Å². The van der Waals surface area contributed by atoms with Gasteiger partial charge in [0.25, 0.3) is 0 Å². The second-order valence-corrected chi connectivity index (χ2v) is 7.52. The number of aromatic nitrogens is 1. The van der Waals surface area contributed by atoms with Crippen molar-refractivity contribution in [2.24, 2.45) is 0 Å². The third-order valence-electron chi connectivity index (χ3n) is 3.41. The molecule has 0 aliphatic carbocycles. The number of benzene rings is 2. The monoisotopic (exact) mass is 404 g/mol. The number of hydrogen-bond donors (Lipinski definition) is 1. The number of rotatable bonds is 6. The fourth-order valence-corrected chi connectivity index (χ4v) is 3.43. The zero-order valence-corrected chi connectivity index (χ0v) is 15.6. The van der Waals surface area contributed by atoms with Gasteiger partial charge in [0.05, 0.1) is 21.8 Å². The van der Waals surface area contributed by atoms with E-state index in [2.05, 4.69) is 26.2 Å². The molecular weight excluding hydrogens is 388 g/mol. The van der Waals surface area contributed by atoms with Crippen LogP contribution in [-0.2, 0) is 4.79 Å². The highest BCUT2D eigenvalue weighted by Crippen LogP contribution is 2.24. The quantitative estimate of drug-likeness (QED) is 0.576. The van der Waals surface area contributed by atoms with Gasteiger partial charge < -0.3 is 10.1 Å². The molecule has 0 saturated carbocycles. The molecule has 0 saturated heterocycles. The van der Waals surface area contributed by atoms with E-state index in [0.717, 1.165) is 31.1 Å². The number of carbonyl (C=O) groups excluding carboxylic acids is 1. The third kappa shape index (κ3) is 4.55. The molecule has 1 aromatic heterocycles. The Morgan fingerprint density at radius 1 is 1.25 bits per heavy atom. The van der Waals surface area contributed by atoms with Gasteiger partial charge in [-0.1, -0.05) is 15.9 Å². The summed E-state index contributed by atoms with van der Waals surface area (Å²) >= 11 is 5.01.